The number of carboxylic acids is 2. The topological polar surface area (TPSA) is 155 Å². The minimum Gasteiger partial charge on any atom is -0.481 e. The summed E-state index contributed by atoms with van der Waals surface area (Å²) in [6, 6.07) is 13.6. The van der Waals surface area contributed by atoms with E-state index in [1.54, 1.807) is 6.20 Å². The number of carbonyl (C=O) groups is 3. The predicted octanol–water partition coefficient (Wildman–Crippen LogP) is 4.49. The number of carbonyl (C=O) groups excluding carboxylic acids is 1. The smallest absolute Gasteiger partial charge is 0.326 e. The van der Waals surface area contributed by atoms with Crippen molar-refractivity contribution in [1.29, 1.82) is 0 Å². The number of amides is 1. The van der Waals surface area contributed by atoms with Crippen LogP contribution in [0.15, 0.2) is 63.9 Å². The molecule has 1 amide bonds. The van der Waals surface area contributed by atoms with Gasteiger partial charge in [0.2, 0.25) is 0 Å². The molecule has 0 unspecified atom stereocenters. The molecule has 10 nitrogen and oxygen atoms in total. The maximum atomic E-state index is 13.0. The third-order valence-corrected chi connectivity index (χ3v) is 7.43. The largest absolute Gasteiger partial charge is 0.481 e. The number of nitrogens with zero attached hydrogens (tertiary/aromatic N) is 1. The van der Waals surface area contributed by atoms with E-state index in [2.05, 4.69) is 46.7 Å². The van der Waals surface area contributed by atoms with E-state index < -0.39 is 36.0 Å². The molecular formula is C31H27N3O7S. The van der Waals surface area contributed by atoms with Gasteiger partial charge in [0.15, 0.2) is 5.76 Å². The normalized spacial score (nSPS) is 13.1. The highest BCUT2D eigenvalue weighted by Gasteiger charge is 2.27. The van der Waals surface area contributed by atoms with Crippen molar-refractivity contribution in [3.63, 3.8) is 0 Å². The molecule has 0 radical (unpaired) electrons. The van der Waals surface area contributed by atoms with Gasteiger partial charge in [-0.25, -0.2) is 9.59 Å². The van der Waals surface area contributed by atoms with E-state index in [-0.39, 0.29) is 24.0 Å². The lowest BCUT2D eigenvalue weighted by molar-refractivity contribution is -0.145. The van der Waals surface area contributed by atoms with Gasteiger partial charge in [0.25, 0.3) is 5.91 Å². The molecule has 2 aromatic carbocycles. The second-order valence-electron chi connectivity index (χ2n) is 10.2. The van der Waals surface area contributed by atoms with E-state index in [1.165, 1.54) is 16.7 Å². The fraction of sp³-hybridized carbons (Fsp3) is 0.194. The molecule has 1 aliphatic carbocycles. The van der Waals surface area contributed by atoms with Crippen LogP contribution in [0.3, 0.4) is 0 Å². The number of benzene rings is 2. The molecule has 0 aliphatic heterocycles. The number of carboxylic acid groups (broad SMARTS) is 2. The summed E-state index contributed by atoms with van der Waals surface area (Å²) in [7, 11) is 0. The molecular weight excluding hydrogens is 558 g/mol. The number of H-pyrrole nitrogens is 1. The van der Waals surface area contributed by atoms with Gasteiger partial charge in [0.05, 0.1) is 13.0 Å². The number of hydrogen-bond donors (Lipinski definition) is 4. The molecule has 1 aliphatic rings. The summed E-state index contributed by atoms with van der Waals surface area (Å²) in [5.74, 6) is -4.00. The van der Waals surface area contributed by atoms with Crippen molar-refractivity contribution >= 4 is 42.2 Å². The lowest BCUT2D eigenvalue weighted by Gasteiger charge is -2.22. The Morgan fingerprint density at radius 3 is 2.17 bits per heavy atom. The van der Waals surface area contributed by atoms with Crippen molar-refractivity contribution in [1.82, 2.24) is 14.9 Å². The Morgan fingerprint density at radius 1 is 0.976 bits per heavy atom. The molecule has 42 heavy (non-hydrogen) atoms. The van der Waals surface area contributed by atoms with Gasteiger partial charge in [-0.15, -0.1) is 0 Å². The number of hydrogen-bond acceptors (Lipinski definition) is 6. The fourth-order valence-electron chi connectivity index (χ4n) is 5.09. The summed E-state index contributed by atoms with van der Waals surface area (Å²) in [6.07, 6.45) is 5.08. The van der Waals surface area contributed by atoms with Crippen LogP contribution in [-0.2, 0) is 16.1 Å². The molecule has 2 aromatic heterocycles. The van der Waals surface area contributed by atoms with Crippen molar-refractivity contribution in [2.24, 2.45) is 0 Å². The van der Waals surface area contributed by atoms with Crippen LogP contribution in [0.25, 0.3) is 12.2 Å². The number of aliphatic carboxylic acids is 2. The van der Waals surface area contributed by atoms with Gasteiger partial charge in [-0.05, 0) is 48.2 Å². The predicted molar refractivity (Wildman–Crippen MR) is 157 cm³/mol. The third kappa shape index (κ3) is 5.86. The van der Waals surface area contributed by atoms with E-state index in [0.717, 1.165) is 33.4 Å². The van der Waals surface area contributed by atoms with E-state index >= 15 is 0 Å². The first kappa shape index (κ1) is 28.5. The Morgan fingerprint density at radius 2 is 1.60 bits per heavy atom. The number of aryl methyl sites for hydroxylation is 2. The molecule has 0 saturated heterocycles. The SMILES string of the molecule is Cc1ccc2c(c1)C=Cc1cc(C)ccc1C2c1cn(Cc2ccc(C(=O)N[C@@H](CC(=O)O)C(=O)O)o2)c(=O)[nH]c1=S. The zero-order valence-electron chi connectivity index (χ0n) is 22.7. The van der Waals surface area contributed by atoms with Crippen LogP contribution in [0.1, 0.15) is 67.6 Å². The number of aromatic nitrogens is 2. The number of nitrogens with one attached hydrogen (secondary N) is 2. The number of fused-ring (bicyclic) bond motifs is 2. The fourth-order valence-corrected chi connectivity index (χ4v) is 5.35. The van der Waals surface area contributed by atoms with Crippen molar-refractivity contribution in [3.05, 3.63) is 120 Å². The van der Waals surface area contributed by atoms with Gasteiger partial charge in [-0.3, -0.25) is 19.1 Å². The summed E-state index contributed by atoms with van der Waals surface area (Å²) in [6.45, 7) is 4.02. The highest BCUT2D eigenvalue weighted by atomic mass is 32.1. The first-order valence-corrected chi connectivity index (χ1v) is 13.5. The van der Waals surface area contributed by atoms with Crippen LogP contribution in [0, 0.1) is 18.5 Å². The lowest BCUT2D eigenvalue weighted by atomic mass is 9.83. The second-order valence-corrected chi connectivity index (χ2v) is 10.6. The Labute approximate surface area is 245 Å². The Kier molecular flexibility index (Phi) is 7.77. The Bertz CT molecular complexity index is 1830. The molecule has 1 atom stereocenters. The molecule has 4 aromatic rings. The van der Waals surface area contributed by atoms with E-state index in [4.69, 9.17) is 21.7 Å². The van der Waals surface area contributed by atoms with Gasteiger partial charge in [0, 0.05) is 17.7 Å². The minimum atomic E-state index is -1.63. The second kappa shape index (κ2) is 11.5. The molecule has 5 rings (SSSR count). The van der Waals surface area contributed by atoms with Crippen LogP contribution >= 0.6 is 12.2 Å². The standard InChI is InChI=1S/C31H27N3O7S/c1-16-3-8-21-18(11-16)5-6-19-12-17(2)4-9-22(19)27(21)23-15-34(31(40)33-29(23)42)14-20-7-10-25(41-20)28(37)32-24(30(38)39)13-26(35)36/h3-12,15,24,27H,13-14H2,1-2H3,(H,32,37)(H,35,36)(H,38,39)(H,33,40,42)/t24-/m0/s1. The molecule has 0 saturated carbocycles. The average molecular weight is 586 g/mol. The quantitative estimate of drug-likeness (QED) is 0.194. The number of rotatable bonds is 8. The van der Waals surface area contributed by atoms with Crippen LogP contribution < -0.4 is 11.0 Å². The first-order chi connectivity index (χ1) is 20.0. The summed E-state index contributed by atoms with van der Waals surface area (Å²) in [5.41, 5.74) is 6.64. The first-order valence-electron chi connectivity index (χ1n) is 13.1. The van der Waals surface area contributed by atoms with Crippen LogP contribution in [0.2, 0.25) is 0 Å². The van der Waals surface area contributed by atoms with Crippen LogP contribution in [-0.4, -0.2) is 43.7 Å². The molecule has 0 fully saturated rings. The highest BCUT2D eigenvalue weighted by molar-refractivity contribution is 7.71. The zero-order valence-corrected chi connectivity index (χ0v) is 23.5. The summed E-state index contributed by atoms with van der Waals surface area (Å²) in [5, 5.41) is 20.3. The summed E-state index contributed by atoms with van der Waals surface area (Å²) in [4.78, 5) is 50.6. The van der Waals surface area contributed by atoms with Gasteiger partial charge in [0.1, 0.15) is 16.4 Å². The molecule has 11 heteroatoms. The average Bonchev–Trinajstić information content (AvgIpc) is 3.33. The summed E-state index contributed by atoms with van der Waals surface area (Å²) < 4.78 is 7.31. The number of furan rings is 1. The maximum absolute atomic E-state index is 13.0. The molecule has 214 valence electrons. The zero-order chi connectivity index (χ0) is 30.1. The maximum Gasteiger partial charge on any atom is 0.326 e. The van der Waals surface area contributed by atoms with Crippen molar-refractivity contribution in [2.75, 3.05) is 0 Å². The van der Waals surface area contributed by atoms with Crippen LogP contribution in [0.5, 0.6) is 0 Å². The lowest BCUT2D eigenvalue weighted by Crippen LogP contribution is -2.42. The van der Waals surface area contributed by atoms with E-state index in [0.29, 0.717) is 10.2 Å². The monoisotopic (exact) mass is 585 g/mol. The van der Waals surface area contributed by atoms with Crippen LogP contribution in [0.4, 0.5) is 0 Å². The van der Waals surface area contributed by atoms with Gasteiger partial charge in [-0.1, -0.05) is 71.9 Å². The molecule has 0 bridgehead atoms. The van der Waals surface area contributed by atoms with Crippen molar-refractivity contribution in [2.45, 2.75) is 38.8 Å². The van der Waals surface area contributed by atoms with Gasteiger partial charge < -0.3 is 19.9 Å². The van der Waals surface area contributed by atoms with Gasteiger partial charge >= 0.3 is 17.6 Å². The Balaban J connectivity index is 1.50. The van der Waals surface area contributed by atoms with Crippen molar-refractivity contribution < 1.29 is 29.0 Å². The van der Waals surface area contributed by atoms with Gasteiger partial charge in [-0.2, -0.15) is 0 Å². The number of aromatic amines is 1. The molecule has 4 N–H and O–H groups in total. The minimum absolute atomic E-state index is 0.0464. The third-order valence-electron chi connectivity index (χ3n) is 7.09. The highest BCUT2D eigenvalue weighted by Crippen LogP contribution is 2.39. The van der Waals surface area contributed by atoms with E-state index in [9.17, 15) is 24.3 Å². The van der Waals surface area contributed by atoms with Crippen molar-refractivity contribution in [3.8, 4) is 0 Å². The molecule has 2 heterocycles. The molecule has 0 spiro atoms. The Hall–Kier alpha value is -5.03. The van der Waals surface area contributed by atoms with E-state index in [1.807, 2.05) is 26.0 Å². The summed E-state index contributed by atoms with van der Waals surface area (Å²) >= 11 is 5.67.